The first-order valence-corrected chi connectivity index (χ1v) is 5.17. The Hall–Kier alpha value is -2.10. The van der Waals surface area contributed by atoms with E-state index in [1.54, 1.807) is 0 Å². The predicted octanol–water partition coefficient (Wildman–Crippen LogP) is 3.83. The molecule has 0 atom stereocenters. The van der Waals surface area contributed by atoms with Crippen molar-refractivity contribution in [3.05, 3.63) is 42.6 Å². The van der Waals surface area contributed by atoms with Crippen molar-refractivity contribution in [2.45, 2.75) is 6.92 Å². The molecule has 1 N–H and O–H groups in total. The van der Waals surface area contributed by atoms with E-state index in [0.29, 0.717) is 6.61 Å². The minimum absolute atomic E-state index is 0.620. The summed E-state index contributed by atoms with van der Waals surface area (Å²) in [7, 11) is 0. The number of para-hydroxylation sites is 1. The zero-order valence-electron chi connectivity index (χ0n) is 9.05. The average molecular weight is 215 g/mol. The van der Waals surface area contributed by atoms with Gasteiger partial charge in [-0.05, 0) is 31.2 Å². The molecule has 0 spiro atoms. The lowest BCUT2D eigenvalue weighted by Gasteiger charge is -2.04. The number of aromatic amines is 1. The van der Waals surface area contributed by atoms with Gasteiger partial charge >= 0.3 is 0 Å². The van der Waals surface area contributed by atoms with E-state index >= 15 is 0 Å². The summed E-state index contributed by atoms with van der Waals surface area (Å²) in [5, 5.41) is 8.20. The molecule has 0 amide bonds. The van der Waals surface area contributed by atoms with Crippen molar-refractivity contribution in [2.75, 3.05) is 6.61 Å². The van der Waals surface area contributed by atoms with Gasteiger partial charge in [0.15, 0.2) is 5.82 Å². The van der Waals surface area contributed by atoms with Gasteiger partial charge in [-0.2, -0.15) is 0 Å². The second kappa shape index (κ2) is 5.11. The topological polar surface area (TPSA) is 49.7 Å². The summed E-state index contributed by atoms with van der Waals surface area (Å²) in [6.07, 6.45) is 1.81. The molecule has 0 bridgehead atoms. The number of aromatic nitrogens is 1. The molecule has 0 aliphatic carbocycles. The summed E-state index contributed by atoms with van der Waals surface area (Å²) < 4.78 is 5.44. The average Bonchev–Trinajstić information content (AvgIpc) is 2.81. The maximum atomic E-state index is 5.44. The smallest absolute Gasteiger partial charge is 0.152 e. The molecule has 82 valence electrons. The van der Waals surface area contributed by atoms with Crippen LogP contribution in [0.15, 0.2) is 52.8 Å². The summed E-state index contributed by atoms with van der Waals surface area (Å²) in [6, 6.07) is 11.3. The van der Waals surface area contributed by atoms with E-state index in [1.165, 1.54) is 0 Å². The van der Waals surface area contributed by atoms with Gasteiger partial charge in [0.1, 0.15) is 11.4 Å². The highest BCUT2D eigenvalue weighted by Gasteiger charge is 2.00. The van der Waals surface area contributed by atoms with Crippen molar-refractivity contribution in [1.82, 2.24) is 4.98 Å². The van der Waals surface area contributed by atoms with Crippen LogP contribution in [0.5, 0.6) is 5.75 Å². The number of hydrogen-bond donors (Lipinski definition) is 1. The summed E-state index contributed by atoms with van der Waals surface area (Å²) in [5.41, 5.74) is 0.735. The molecule has 4 heteroatoms. The van der Waals surface area contributed by atoms with Gasteiger partial charge in [0.05, 0.1) is 6.61 Å². The van der Waals surface area contributed by atoms with Crippen LogP contribution in [0.4, 0.5) is 11.5 Å². The van der Waals surface area contributed by atoms with Crippen molar-refractivity contribution in [2.24, 2.45) is 10.2 Å². The van der Waals surface area contributed by atoms with Crippen LogP contribution in [0.2, 0.25) is 0 Å². The van der Waals surface area contributed by atoms with Crippen LogP contribution in [-0.2, 0) is 0 Å². The molecule has 0 radical (unpaired) electrons. The Morgan fingerprint density at radius 2 is 2.00 bits per heavy atom. The highest BCUT2D eigenvalue weighted by atomic mass is 16.5. The van der Waals surface area contributed by atoms with Gasteiger partial charge in [-0.25, -0.2) is 0 Å². The fraction of sp³-hybridized carbons (Fsp3) is 0.167. The van der Waals surface area contributed by atoms with Crippen LogP contribution in [0.1, 0.15) is 6.92 Å². The Bertz CT molecular complexity index is 463. The molecule has 0 fully saturated rings. The highest BCUT2D eigenvalue weighted by molar-refractivity contribution is 5.51. The lowest BCUT2D eigenvalue weighted by molar-refractivity contribution is 0.341. The number of ether oxygens (including phenoxy) is 1. The SMILES string of the molecule is CCOc1ccccc1N=Nc1ccc[nH]1. The van der Waals surface area contributed by atoms with E-state index in [1.807, 2.05) is 49.5 Å². The number of nitrogens with zero attached hydrogens (tertiary/aromatic N) is 2. The molecule has 0 aliphatic heterocycles. The molecule has 1 aromatic carbocycles. The van der Waals surface area contributed by atoms with Gasteiger partial charge in [0.2, 0.25) is 0 Å². The van der Waals surface area contributed by atoms with Crippen LogP contribution >= 0.6 is 0 Å². The molecule has 16 heavy (non-hydrogen) atoms. The molecule has 4 nitrogen and oxygen atoms in total. The lowest BCUT2D eigenvalue weighted by atomic mass is 10.3. The maximum absolute atomic E-state index is 5.44. The van der Waals surface area contributed by atoms with Crippen LogP contribution in [0.25, 0.3) is 0 Å². The normalized spacial score (nSPS) is 10.8. The Morgan fingerprint density at radius 3 is 2.75 bits per heavy atom. The van der Waals surface area contributed by atoms with E-state index in [2.05, 4.69) is 15.2 Å². The summed E-state index contributed by atoms with van der Waals surface area (Å²) in [6.45, 7) is 2.56. The Balaban J connectivity index is 2.20. The maximum Gasteiger partial charge on any atom is 0.152 e. The van der Waals surface area contributed by atoms with Crippen LogP contribution < -0.4 is 4.74 Å². The monoisotopic (exact) mass is 215 g/mol. The lowest BCUT2D eigenvalue weighted by Crippen LogP contribution is -1.90. The standard InChI is InChI=1S/C12H13N3O/c1-2-16-11-7-4-3-6-10(11)14-15-12-8-5-9-13-12/h3-9,13H,2H2,1H3. The minimum atomic E-state index is 0.620. The van der Waals surface area contributed by atoms with Gasteiger partial charge < -0.3 is 9.72 Å². The number of H-pyrrole nitrogens is 1. The van der Waals surface area contributed by atoms with Gasteiger partial charge in [0.25, 0.3) is 0 Å². The van der Waals surface area contributed by atoms with E-state index in [0.717, 1.165) is 17.3 Å². The van der Waals surface area contributed by atoms with Crippen molar-refractivity contribution in [3.8, 4) is 5.75 Å². The molecular formula is C12H13N3O. The van der Waals surface area contributed by atoms with Gasteiger partial charge in [-0.3, -0.25) is 0 Å². The van der Waals surface area contributed by atoms with E-state index in [9.17, 15) is 0 Å². The first-order chi connectivity index (χ1) is 7.90. The predicted molar refractivity (Wildman–Crippen MR) is 62.6 cm³/mol. The molecule has 1 aromatic heterocycles. The second-order valence-corrected chi connectivity index (χ2v) is 3.16. The first kappa shape index (κ1) is 10.4. The molecular weight excluding hydrogens is 202 g/mol. The molecule has 0 aliphatic rings. The van der Waals surface area contributed by atoms with Crippen molar-refractivity contribution in [3.63, 3.8) is 0 Å². The fourth-order valence-corrected chi connectivity index (χ4v) is 1.31. The van der Waals surface area contributed by atoms with E-state index < -0.39 is 0 Å². The first-order valence-electron chi connectivity index (χ1n) is 5.17. The molecule has 1 heterocycles. The molecule has 0 saturated carbocycles. The third kappa shape index (κ3) is 2.48. The van der Waals surface area contributed by atoms with Crippen molar-refractivity contribution >= 4 is 11.5 Å². The van der Waals surface area contributed by atoms with Crippen molar-refractivity contribution < 1.29 is 4.74 Å². The molecule has 2 aromatic rings. The Morgan fingerprint density at radius 1 is 1.12 bits per heavy atom. The zero-order chi connectivity index (χ0) is 11.2. The van der Waals surface area contributed by atoms with E-state index in [-0.39, 0.29) is 0 Å². The third-order valence-electron chi connectivity index (χ3n) is 2.01. The minimum Gasteiger partial charge on any atom is -0.492 e. The number of nitrogens with one attached hydrogen (secondary N) is 1. The summed E-state index contributed by atoms with van der Waals surface area (Å²) >= 11 is 0. The van der Waals surface area contributed by atoms with Crippen LogP contribution in [0.3, 0.4) is 0 Å². The molecule has 0 unspecified atom stereocenters. The number of rotatable bonds is 4. The summed E-state index contributed by atoms with van der Waals surface area (Å²) in [4.78, 5) is 2.96. The largest absolute Gasteiger partial charge is 0.492 e. The highest BCUT2D eigenvalue weighted by Crippen LogP contribution is 2.28. The van der Waals surface area contributed by atoms with Gasteiger partial charge in [0, 0.05) is 6.20 Å². The zero-order valence-corrected chi connectivity index (χ0v) is 9.05. The van der Waals surface area contributed by atoms with Crippen molar-refractivity contribution in [1.29, 1.82) is 0 Å². The summed E-state index contributed by atoms with van der Waals surface area (Å²) in [5.74, 6) is 1.48. The number of hydrogen-bond acceptors (Lipinski definition) is 3. The van der Waals surface area contributed by atoms with E-state index in [4.69, 9.17) is 4.74 Å². The molecule has 2 rings (SSSR count). The Labute approximate surface area is 94.0 Å². The Kier molecular flexibility index (Phi) is 3.33. The second-order valence-electron chi connectivity index (χ2n) is 3.16. The quantitative estimate of drug-likeness (QED) is 0.774. The van der Waals surface area contributed by atoms with Gasteiger partial charge in [-0.1, -0.05) is 12.1 Å². The fourth-order valence-electron chi connectivity index (χ4n) is 1.31. The third-order valence-corrected chi connectivity index (χ3v) is 2.01. The molecule has 0 saturated heterocycles. The van der Waals surface area contributed by atoms with Gasteiger partial charge in [-0.15, -0.1) is 10.2 Å². The van der Waals surface area contributed by atoms with Crippen LogP contribution in [-0.4, -0.2) is 11.6 Å². The van der Waals surface area contributed by atoms with Crippen LogP contribution in [0, 0.1) is 0 Å². The number of azo groups is 1. The number of benzene rings is 1.